The van der Waals surface area contributed by atoms with E-state index in [-0.39, 0.29) is 6.04 Å². The van der Waals surface area contributed by atoms with E-state index >= 15 is 0 Å². The SMILES string of the molecule is CC(Nc1cccc2c(O)cccc12)c1ccco1. The summed E-state index contributed by atoms with van der Waals surface area (Å²) in [6.07, 6.45) is 1.67. The molecule has 0 bridgehead atoms. The molecule has 0 radical (unpaired) electrons. The first kappa shape index (κ1) is 11.7. The first-order valence-electron chi connectivity index (χ1n) is 6.26. The van der Waals surface area contributed by atoms with Gasteiger partial charge in [0.15, 0.2) is 0 Å². The minimum atomic E-state index is 0.0722. The van der Waals surface area contributed by atoms with Crippen molar-refractivity contribution in [3.05, 3.63) is 60.6 Å². The lowest BCUT2D eigenvalue weighted by molar-refractivity contribution is 0.481. The Kier molecular flexibility index (Phi) is 2.88. The van der Waals surface area contributed by atoms with Crippen LogP contribution in [-0.2, 0) is 0 Å². The maximum absolute atomic E-state index is 9.87. The van der Waals surface area contributed by atoms with E-state index in [0.29, 0.717) is 5.75 Å². The van der Waals surface area contributed by atoms with Crippen molar-refractivity contribution in [2.24, 2.45) is 0 Å². The molecule has 2 aromatic carbocycles. The molecule has 0 aliphatic carbocycles. The van der Waals surface area contributed by atoms with Crippen LogP contribution in [0, 0.1) is 0 Å². The number of phenolic OH excluding ortho intramolecular Hbond substituents is 1. The summed E-state index contributed by atoms with van der Waals surface area (Å²) in [4.78, 5) is 0. The lowest BCUT2D eigenvalue weighted by atomic mass is 10.1. The molecule has 0 spiro atoms. The normalized spacial score (nSPS) is 12.5. The number of nitrogens with one attached hydrogen (secondary N) is 1. The van der Waals surface area contributed by atoms with Gasteiger partial charge in [-0.3, -0.25) is 0 Å². The quantitative estimate of drug-likeness (QED) is 0.731. The van der Waals surface area contributed by atoms with Gasteiger partial charge in [-0.25, -0.2) is 0 Å². The fraction of sp³-hybridized carbons (Fsp3) is 0.125. The van der Waals surface area contributed by atoms with Crippen molar-refractivity contribution in [2.45, 2.75) is 13.0 Å². The molecule has 1 unspecified atom stereocenters. The molecule has 3 nitrogen and oxygen atoms in total. The summed E-state index contributed by atoms with van der Waals surface area (Å²) < 4.78 is 5.39. The van der Waals surface area contributed by atoms with Crippen molar-refractivity contribution in [3.8, 4) is 5.75 Å². The van der Waals surface area contributed by atoms with E-state index in [1.165, 1.54) is 0 Å². The van der Waals surface area contributed by atoms with E-state index in [0.717, 1.165) is 22.2 Å². The zero-order valence-corrected chi connectivity index (χ0v) is 10.6. The molecule has 19 heavy (non-hydrogen) atoms. The molecule has 0 aliphatic rings. The Labute approximate surface area is 111 Å². The number of hydrogen-bond donors (Lipinski definition) is 2. The summed E-state index contributed by atoms with van der Waals surface area (Å²) in [6, 6.07) is 15.3. The van der Waals surface area contributed by atoms with Gasteiger partial charge in [0.25, 0.3) is 0 Å². The molecule has 0 saturated heterocycles. The second-order valence-corrected chi connectivity index (χ2v) is 4.56. The Balaban J connectivity index is 1.99. The summed E-state index contributed by atoms with van der Waals surface area (Å²) in [5.41, 5.74) is 0.984. The summed E-state index contributed by atoms with van der Waals surface area (Å²) in [5.74, 6) is 1.18. The average Bonchev–Trinajstić information content (AvgIpc) is 2.94. The van der Waals surface area contributed by atoms with Crippen LogP contribution < -0.4 is 5.32 Å². The molecule has 0 amide bonds. The van der Waals surface area contributed by atoms with Crippen LogP contribution >= 0.6 is 0 Å². The predicted molar refractivity (Wildman–Crippen MR) is 76.4 cm³/mol. The third kappa shape index (κ3) is 2.15. The van der Waals surface area contributed by atoms with E-state index in [2.05, 4.69) is 5.32 Å². The molecular formula is C16H15NO2. The summed E-state index contributed by atoms with van der Waals surface area (Å²) >= 11 is 0. The fourth-order valence-corrected chi connectivity index (χ4v) is 2.26. The molecule has 3 heteroatoms. The lowest BCUT2D eigenvalue weighted by Gasteiger charge is -2.15. The average molecular weight is 253 g/mol. The van der Waals surface area contributed by atoms with E-state index in [4.69, 9.17) is 4.42 Å². The van der Waals surface area contributed by atoms with Gasteiger partial charge in [0.2, 0.25) is 0 Å². The molecule has 3 rings (SSSR count). The van der Waals surface area contributed by atoms with Gasteiger partial charge in [-0.2, -0.15) is 0 Å². The van der Waals surface area contributed by atoms with Gasteiger partial charge < -0.3 is 14.8 Å². The maximum Gasteiger partial charge on any atom is 0.125 e. The highest BCUT2D eigenvalue weighted by molar-refractivity contribution is 5.97. The Bertz CT molecular complexity index is 689. The highest BCUT2D eigenvalue weighted by Gasteiger charge is 2.10. The van der Waals surface area contributed by atoms with Crippen LogP contribution in [0.3, 0.4) is 0 Å². The number of aromatic hydroxyl groups is 1. The Morgan fingerprint density at radius 2 is 1.79 bits per heavy atom. The van der Waals surface area contributed by atoms with E-state index < -0.39 is 0 Å². The number of benzene rings is 2. The Morgan fingerprint density at radius 1 is 1.00 bits per heavy atom. The van der Waals surface area contributed by atoms with Crippen LogP contribution in [-0.4, -0.2) is 5.11 Å². The molecule has 2 N–H and O–H groups in total. The van der Waals surface area contributed by atoms with Crippen LogP contribution in [0.1, 0.15) is 18.7 Å². The van der Waals surface area contributed by atoms with Crippen molar-refractivity contribution in [1.82, 2.24) is 0 Å². The third-order valence-electron chi connectivity index (χ3n) is 3.24. The highest BCUT2D eigenvalue weighted by atomic mass is 16.3. The van der Waals surface area contributed by atoms with E-state index in [1.807, 2.05) is 49.4 Å². The van der Waals surface area contributed by atoms with Crippen molar-refractivity contribution >= 4 is 16.5 Å². The first-order chi connectivity index (χ1) is 9.25. The van der Waals surface area contributed by atoms with Gasteiger partial charge >= 0.3 is 0 Å². The molecule has 96 valence electrons. The third-order valence-corrected chi connectivity index (χ3v) is 3.24. The molecule has 1 aromatic heterocycles. The summed E-state index contributed by atoms with van der Waals surface area (Å²) in [7, 11) is 0. The van der Waals surface area contributed by atoms with Crippen molar-refractivity contribution < 1.29 is 9.52 Å². The molecule has 1 heterocycles. The van der Waals surface area contributed by atoms with Crippen LogP contribution in [0.2, 0.25) is 0 Å². The Hall–Kier alpha value is -2.42. The monoisotopic (exact) mass is 253 g/mol. The minimum Gasteiger partial charge on any atom is -0.507 e. The number of hydrogen-bond acceptors (Lipinski definition) is 3. The standard InChI is InChI=1S/C16H15NO2/c1-11(16-9-4-10-19-16)17-14-7-2-6-13-12(14)5-3-8-15(13)18/h2-11,17-18H,1H3. The molecule has 0 fully saturated rings. The minimum absolute atomic E-state index is 0.0722. The van der Waals surface area contributed by atoms with Crippen LogP contribution in [0.5, 0.6) is 5.75 Å². The highest BCUT2D eigenvalue weighted by Crippen LogP contribution is 2.31. The van der Waals surface area contributed by atoms with Gasteiger partial charge in [0.05, 0.1) is 12.3 Å². The molecule has 1 atom stereocenters. The second-order valence-electron chi connectivity index (χ2n) is 4.56. The van der Waals surface area contributed by atoms with Crippen molar-refractivity contribution in [2.75, 3.05) is 5.32 Å². The van der Waals surface area contributed by atoms with Crippen LogP contribution in [0.25, 0.3) is 10.8 Å². The van der Waals surface area contributed by atoms with Gasteiger partial charge in [-0.15, -0.1) is 0 Å². The smallest absolute Gasteiger partial charge is 0.125 e. The second kappa shape index (κ2) is 4.69. The number of fused-ring (bicyclic) bond motifs is 1. The Morgan fingerprint density at radius 3 is 2.58 bits per heavy atom. The molecule has 0 aliphatic heterocycles. The summed E-state index contributed by atoms with van der Waals surface area (Å²) in [6.45, 7) is 2.04. The van der Waals surface area contributed by atoms with Crippen molar-refractivity contribution in [1.29, 1.82) is 0 Å². The number of furan rings is 1. The van der Waals surface area contributed by atoms with Gasteiger partial charge in [0.1, 0.15) is 11.5 Å². The van der Waals surface area contributed by atoms with E-state index in [1.54, 1.807) is 12.3 Å². The van der Waals surface area contributed by atoms with Gasteiger partial charge in [-0.05, 0) is 31.2 Å². The van der Waals surface area contributed by atoms with Crippen LogP contribution in [0.4, 0.5) is 5.69 Å². The lowest BCUT2D eigenvalue weighted by Crippen LogP contribution is -2.05. The largest absolute Gasteiger partial charge is 0.507 e. The predicted octanol–water partition coefficient (Wildman–Crippen LogP) is 4.31. The molecule has 3 aromatic rings. The maximum atomic E-state index is 9.87. The number of anilines is 1. The number of rotatable bonds is 3. The molecule has 0 saturated carbocycles. The zero-order valence-electron chi connectivity index (χ0n) is 10.6. The van der Waals surface area contributed by atoms with Gasteiger partial charge in [-0.1, -0.05) is 24.3 Å². The van der Waals surface area contributed by atoms with Gasteiger partial charge in [0, 0.05) is 16.5 Å². The number of phenols is 1. The topological polar surface area (TPSA) is 45.4 Å². The molecular weight excluding hydrogens is 238 g/mol. The fourth-order valence-electron chi connectivity index (χ4n) is 2.26. The van der Waals surface area contributed by atoms with Crippen LogP contribution in [0.15, 0.2) is 59.2 Å². The zero-order chi connectivity index (χ0) is 13.2. The van der Waals surface area contributed by atoms with E-state index in [9.17, 15) is 5.11 Å². The summed E-state index contributed by atoms with van der Waals surface area (Å²) in [5, 5.41) is 15.1. The first-order valence-corrected chi connectivity index (χ1v) is 6.26. The van der Waals surface area contributed by atoms with Crippen molar-refractivity contribution in [3.63, 3.8) is 0 Å².